The summed E-state index contributed by atoms with van der Waals surface area (Å²) in [4.78, 5) is 15.1. The predicted molar refractivity (Wildman–Crippen MR) is 81.3 cm³/mol. The number of carbonyl (C=O) groups is 1. The van der Waals surface area contributed by atoms with Crippen LogP contribution in [0.2, 0.25) is 0 Å². The molecule has 1 aromatic rings. The molecule has 1 radical (unpaired) electrons. The fourth-order valence-electron chi connectivity index (χ4n) is 3.73. The van der Waals surface area contributed by atoms with Crippen molar-refractivity contribution in [3.63, 3.8) is 0 Å². The highest BCUT2D eigenvalue weighted by molar-refractivity contribution is 5.84. The Labute approximate surface area is 122 Å². The molecule has 1 atom stereocenters. The Morgan fingerprint density at radius 1 is 1.05 bits per heavy atom. The van der Waals surface area contributed by atoms with Crippen molar-refractivity contribution in [3.8, 4) is 0 Å². The fraction of sp³-hybridized carbons (Fsp3) is 0.556. The van der Waals surface area contributed by atoms with E-state index in [0.717, 1.165) is 25.9 Å². The first-order valence-corrected chi connectivity index (χ1v) is 8.01. The lowest BCUT2D eigenvalue weighted by atomic mass is 9.83. The number of benzene rings is 1. The van der Waals surface area contributed by atoms with Crippen LogP contribution in [0.15, 0.2) is 30.3 Å². The van der Waals surface area contributed by atoms with Gasteiger partial charge < -0.3 is 4.90 Å². The van der Waals surface area contributed by atoms with Crippen LogP contribution in [0.1, 0.15) is 50.0 Å². The van der Waals surface area contributed by atoms with E-state index in [2.05, 4.69) is 35.6 Å². The molecule has 0 bridgehead atoms. The van der Waals surface area contributed by atoms with E-state index in [1.165, 1.54) is 31.2 Å². The highest BCUT2D eigenvalue weighted by atomic mass is 16.2. The Hall–Kier alpha value is -1.31. The molecular weight excluding hydrogens is 246 g/mol. The summed E-state index contributed by atoms with van der Waals surface area (Å²) in [7, 11) is 0. The van der Waals surface area contributed by atoms with Crippen molar-refractivity contribution >= 4 is 5.91 Å². The summed E-state index contributed by atoms with van der Waals surface area (Å²) >= 11 is 0. The minimum absolute atomic E-state index is 0.0943. The molecule has 2 fully saturated rings. The summed E-state index contributed by atoms with van der Waals surface area (Å²) in [6.07, 6.45) is 9.41. The van der Waals surface area contributed by atoms with Crippen LogP contribution in [-0.2, 0) is 4.79 Å². The first-order chi connectivity index (χ1) is 9.86. The molecule has 1 saturated heterocycles. The van der Waals surface area contributed by atoms with Crippen LogP contribution in [-0.4, -0.2) is 23.9 Å². The SMILES string of the molecule is O=C(C(c1ccccc1)C1CCCC1)N1CC[CH]CC1. The first-order valence-electron chi connectivity index (χ1n) is 8.01. The van der Waals surface area contributed by atoms with E-state index in [4.69, 9.17) is 0 Å². The normalized spacial score (nSPS) is 21.9. The lowest BCUT2D eigenvalue weighted by Crippen LogP contribution is -2.40. The molecule has 0 spiro atoms. The zero-order valence-corrected chi connectivity index (χ0v) is 12.1. The molecule has 2 aliphatic rings. The van der Waals surface area contributed by atoms with Crippen molar-refractivity contribution in [2.45, 2.75) is 44.4 Å². The summed E-state index contributed by atoms with van der Waals surface area (Å²) in [6, 6.07) is 10.4. The number of nitrogens with zero attached hydrogens (tertiary/aromatic N) is 1. The Kier molecular flexibility index (Phi) is 4.39. The minimum Gasteiger partial charge on any atom is -0.342 e. The van der Waals surface area contributed by atoms with Crippen LogP contribution in [0.5, 0.6) is 0 Å². The number of rotatable bonds is 3. The summed E-state index contributed by atoms with van der Waals surface area (Å²) in [5, 5.41) is 0. The molecule has 20 heavy (non-hydrogen) atoms. The van der Waals surface area contributed by atoms with Crippen molar-refractivity contribution < 1.29 is 4.79 Å². The molecule has 2 nitrogen and oxygen atoms in total. The monoisotopic (exact) mass is 270 g/mol. The van der Waals surface area contributed by atoms with Crippen molar-refractivity contribution in [1.29, 1.82) is 0 Å². The molecule has 2 heteroatoms. The third kappa shape index (κ3) is 2.89. The second-order valence-electron chi connectivity index (χ2n) is 6.12. The summed E-state index contributed by atoms with van der Waals surface area (Å²) in [6.45, 7) is 1.82. The Morgan fingerprint density at radius 3 is 2.35 bits per heavy atom. The van der Waals surface area contributed by atoms with Crippen LogP contribution in [0, 0.1) is 12.3 Å². The number of carbonyl (C=O) groups excluding carboxylic acids is 1. The highest BCUT2D eigenvalue weighted by Crippen LogP contribution is 2.38. The molecule has 0 aromatic heterocycles. The van der Waals surface area contributed by atoms with Crippen LogP contribution in [0.3, 0.4) is 0 Å². The van der Waals surface area contributed by atoms with Crippen LogP contribution in [0.25, 0.3) is 0 Å². The van der Waals surface area contributed by atoms with Gasteiger partial charge in [-0.3, -0.25) is 4.79 Å². The van der Waals surface area contributed by atoms with E-state index in [-0.39, 0.29) is 5.92 Å². The van der Waals surface area contributed by atoms with E-state index < -0.39 is 0 Å². The van der Waals surface area contributed by atoms with Crippen LogP contribution in [0.4, 0.5) is 0 Å². The van der Waals surface area contributed by atoms with Crippen molar-refractivity contribution in [2.75, 3.05) is 13.1 Å². The molecule has 1 heterocycles. The average Bonchev–Trinajstić information content (AvgIpc) is 3.03. The number of piperidine rings is 1. The molecular formula is C18H24NO. The van der Waals surface area contributed by atoms with Crippen molar-refractivity contribution in [2.24, 2.45) is 5.92 Å². The van der Waals surface area contributed by atoms with Gasteiger partial charge in [0.15, 0.2) is 0 Å². The van der Waals surface area contributed by atoms with Gasteiger partial charge in [0.2, 0.25) is 5.91 Å². The fourth-order valence-corrected chi connectivity index (χ4v) is 3.73. The summed E-state index contributed by atoms with van der Waals surface area (Å²) < 4.78 is 0. The third-order valence-corrected chi connectivity index (χ3v) is 4.81. The highest BCUT2D eigenvalue weighted by Gasteiger charge is 2.34. The van der Waals surface area contributed by atoms with E-state index >= 15 is 0 Å². The molecule has 3 rings (SSSR count). The van der Waals surface area contributed by atoms with Gasteiger partial charge in [0.1, 0.15) is 0 Å². The molecule has 1 aliphatic heterocycles. The molecule has 1 saturated carbocycles. The lowest BCUT2D eigenvalue weighted by Gasteiger charge is -2.33. The second kappa shape index (κ2) is 6.43. The standard InChI is InChI=1S/C18H24NO/c20-18(19-13-7-2-8-14-19)17(16-11-5-6-12-16)15-9-3-1-4-10-15/h1-4,9-10,16-17H,5-8,11-14H2. The summed E-state index contributed by atoms with van der Waals surface area (Å²) in [5.74, 6) is 1.02. The van der Waals surface area contributed by atoms with Gasteiger partial charge in [0.25, 0.3) is 0 Å². The Morgan fingerprint density at radius 2 is 1.70 bits per heavy atom. The maximum Gasteiger partial charge on any atom is 0.230 e. The maximum absolute atomic E-state index is 13.0. The van der Waals surface area contributed by atoms with E-state index in [9.17, 15) is 4.79 Å². The van der Waals surface area contributed by atoms with Crippen LogP contribution < -0.4 is 0 Å². The minimum atomic E-state index is 0.0943. The molecule has 1 amide bonds. The number of amides is 1. The van der Waals surface area contributed by atoms with Gasteiger partial charge >= 0.3 is 0 Å². The van der Waals surface area contributed by atoms with Gasteiger partial charge in [-0.05, 0) is 43.6 Å². The topological polar surface area (TPSA) is 20.3 Å². The zero-order valence-electron chi connectivity index (χ0n) is 12.1. The number of hydrogen-bond acceptors (Lipinski definition) is 1. The number of hydrogen-bond donors (Lipinski definition) is 0. The zero-order chi connectivity index (χ0) is 13.8. The molecule has 107 valence electrons. The van der Waals surface area contributed by atoms with Gasteiger partial charge in [0.05, 0.1) is 5.92 Å². The van der Waals surface area contributed by atoms with Crippen LogP contribution >= 0.6 is 0 Å². The van der Waals surface area contributed by atoms with Gasteiger partial charge in [-0.2, -0.15) is 0 Å². The second-order valence-corrected chi connectivity index (χ2v) is 6.12. The van der Waals surface area contributed by atoms with E-state index in [0.29, 0.717) is 11.8 Å². The quantitative estimate of drug-likeness (QED) is 0.818. The molecule has 1 aliphatic carbocycles. The largest absolute Gasteiger partial charge is 0.342 e. The summed E-state index contributed by atoms with van der Waals surface area (Å²) in [5.41, 5.74) is 1.22. The smallest absolute Gasteiger partial charge is 0.230 e. The average molecular weight is 270 g/mol. The number of likely N-dealkylation sites (tertiary alicyclic amines) is 1. The lowest BCUT2D eigenvalue weighted by molar-refractivity contribution is -0.134. The third-order valence-electron chi connectivity index (χ3n) is 4.81. The van der Waals surface area contributed by atoms with Crippen molar-refractivity contribution in [3.05, 3.63) is 42.3 Å². The molecule has 1 unspecified atom stereocenters. The Balaban J connectivity index is 1.82. The predicted octanol–water partition coefficient (Wildman–Crippen LogP) is 3.79. The van der Waals surface area contributed by atoms with Gasteiger partial charge in [-0.25, -0.2) is 0 Å². The van der Waals surface area contributed by atoms with E-state index in [1.807, 2.05) is 6.07 Å². The Bertz CT molecular complexity index is 430. The van der Waals surface area contributed by atoms with Gasteiger partial charge in [-0.1, -0.05) is 43.2 Å². The van der Waals surface area contributed by atoms with Crippen molar-refractivity contribution in [1.82, 2.24) is 4.90 Å². The first kappa shape index (κ1) is 13.7. The maximum atomic E-state index is 13.0. The van der Waals surface area contributed by atoms with Gasteiger partial charge in [0, 0.05) is 13.1 Å². The molecule has 1 aromatic carbocycles. The van der Waals surface area contributed by atoms with E-state index in [1.54, 1.807) is 0 Å². The van der Waals surface area contributed by atoms with Gasteiger partial charge in [-0.15, -0.1) is 0 Å². The molecule has 0 N–H and O–H groups in total.